The Labute approximate surface area is 118 Å². The normalized spacial score (nSPS) is 17.9. The molecule has 5 nitrogen and oxygen atoms in total. The third-order valence-electron chi connectivity index (χ3n) is 2.96. The van der Waals surface area contributed by atoms with Gasteiger partial charge < -0.3 is 10.5 Å². The van der Waals surface area contributed by atoms with Gasteiger partial charge in [-0.05, 0) is 18.6 Å². The van der Waals surface area contributed by atoms with E-state index in [9.17, 15) is 8.42 Å². The number of nitrogens with zero attached hydrogens (tertiary/aromatic N) is 1. The van der Waals surface area contributed by atoms with E-state index in [4.69, 9.17) is 22.7 Å². The van der Waals surface area contributed by atoms with Crippen LogP contribution in [0.4, 0.5) is 0 Å². The fraction of sp³-hybridized carbons (Fsp3) is 0.417. The summed E-state index contributed by atoms with van der Waals surface area (Å²) in [6.07, 6.45) is 0.712. The number of hydrogen-bond donors (Lipinski definition) is 1. The van der Waals surface area contributed by atoms with Gasteiger partial charge in [-0.25, -0.2) is 8.42 Å². The van der Waals surface area contributed by atoms with E-state index in [1.165, 1.54) is 16.4 Å². The topological polar surface area (TPSA) is 72.6 Å². The maximum Gasteiger partial charge on any atom is 0.243 e. The van der Waals surface area contributed by atoms with E-state index in [-0.39, 0.29) is 9.88 Å². The molecule has 1 aliphatic rings. The van der Waals surface area contributed by atoms with Gasteiger partial charge in [-0.1, -0.05) is 24.4 Å². The monoisotopic (exact) mass is 300 g/mol. The molecule has 2 rings (SSSR count). The summed E-state index contributed by atoms with van der Waals surface area (Å²) in [5, 5.41) is 0. The summed E-state index contributed by atoms with van der Waals surface area (Å²) in [5.74, 6) is 0. The Morgan fingerprint density at radius 1 is 1.21 bits per heavy atom. The van der Waals surface area contributed by atoms with Crippen molar-refractivity contribution >= 4 is 27.2 Å². The Morgan fingerprint density at radius 2 is 1.89 bits per heavy atom. The quantitative estimate of drug-likeness (QED) is 0.833. The van der Waals surface area contributed by atoms with Crippen molar-refractivity contribution in [3.63, 3.8) is 0 Å². The zero-order valence-corrected chi connectivity index (χ0v) is 12.0. The summed E-state index contributed by atoms with van der Waals surface area (Å²) in [7, 11) is -3.46. The average molecular weight is 300 g/mol. The summed E-state index contributed by atoms with van der Waals surface area (Å²) in [6, 6.07) is 6.33. The highest BCUT2D eigenvalue weighted by Crippen LogP contribution is 2.17. The van der Waals surface area contributed by atoms with Crippen LogP contribution < -0.4 is 5.73 Å². The first-order valence-electron chi connectivity index (χ1n) is 5.99. The highest BCUT2D eigenvalue weighted by molar-refractivity contribution is 7.89. The van der Waals surface area contributed by atoms with Crippen molar-refractivity contribution in [2.24, 2.45) is 5.73 Å². The molecule has 0 aromatic heterocycles. The molecule has 1 aromatic carbocycles. The van der Waals surface area contributed by atoms with Crippen LogP contribution in [0.3, 0.4) is 0 Å². The summed E-state index contributed by atoms with van der Waals surface area (Å²) >= 11 is 4.84. The van der Waals surface area contributed by atoms with Crippen LogP contribution in [0.1, 0.15) is 12.0 Å². The summed E-state index contributed by atoms with van der Waals surface area (Å²) in [5.41, 5.74) is 6.15. The molecule has 1 saturated heterocycles. The zero-order valence-electron chi connectivity index (χ0n) is 10.4. The van der Waals surface area contributed by atoms with Gasteiger partial charge >= 0.3 is 0 Å². The number of benzene rings is 1. The van der Waals surface area contributed by atoms with Gasteiger partial charge in [0, 0.05) is 25.3 Å². The van der Waals surface area contributed by atoms with Gasteiger partial charge in [-0.2, -0.15) is 4.31 Å². The van der Waals surface area contributed by atoms with E-state index in [1.54, 1.807) is 12.1 Å². The molecule has 0 saturated carbocycles. The Morgan fingerprint density at radius 3 is 2.53 bits per heavy atom. The predicted octanol–water partition coefficient (Wildman–Crippen LogP) is 0.732. The number of thiocarbonyl (C=S) groups is 1. The Kier molecular flexibility index (Phi) is 4.51. The fourth-order valence-corrected chi connectivity index (χ4v) is 3.50. The second-order valence-electron chi connectivity index (χ2n) is 4.26. The van der Waals surface area contributed by atoms with Crippen molar-refractivity contribution in [2.75, 3.05) is 26.3 Å². The second-order valence-corrected chi connectivity index (χ2v) is 6.64. The average Bonchev–Trinajstić information content (AvgIpc) is 2.68. The molecule has 1 aliphatic heterocycles. The molecule has 0 amide bonds. The lowest BCUT2D eigenvalue weighted by molar-refractivity contribution is 0.148. The molecular formula is C12H16N2O3S2. The molecule has 0 aliphatic carbocycles. The highest BCUT2D eigenvalue weighted by atomic mass is 32.2. The molecule has 0 atom stereocenters. The van der Waals surface area contributed by atoms with Gasteiger partial charge in [0.1, 0.15) is 4.99 Å². The van der Waals surface area contributed by atoms with Crippen LogP contribution in [0.5, 0.6) is 0 Å². The molecule has 7 heteroatoms. The molecule has 1 heterocycles. The van der Waals surface area contributed by atoms with Crippen LogP contribution >= 0.6 is 12.2 Å². The molecule has 1 aromatic rings. The molecule has 0 unspecified atom stereocenters. The number of rotatable bonds is 3. The van der Waals surface area contributed by atoms with Crippen molar-refractivity contribution in [1.82, 2.24) is 4.31 Å². The Hall–Kier alpha value is -1.02. The van der Waals surface area contributed by atoms with Crippen molar-refractivity contribution in [3.05, 3.63) is 29.8 Å². The van der Waals surface area contributed by atoms with E-state index in [0.29, 0.717) is 38.3 Å². The standard InChI is InChI=1S/C12H16N2O3S2/c13-12(18)10-2-4-11(5-3-10)19(15,16)14-6-1-8-17-9-7-14/h2-5H,1,6-9H2,(H2,13,18). The minimum atomic E-state index is -3.46. The molecular weight excluding hydrogens is 284 g/mol. The third kappa shape index (κ3) is 3.30. The van der Waals surface area contributed by atoms with Crippen molar-refractivity contribution in [3.8, 4) is 0 Å². The van der Waals surface area contributed by atoms with Gasteiger partial charge in [0.2, 0.25) is 10.0 Å². The fourth-order valence-electron chi connectivity index (χ4n) is 1.90. The van der Waals surface area contributed by atoms with E-state index in [0.717, 1.165) is 0 Å². The number of ether oxygens (including phenoxy) is 1. The molecule has 104 valence electrons. The molecule has 0 spiro atoms. The van der Waals surface area contributed by atoms with Gasteiger partial charge in [0.15, 0.2) is 0 Å². The largest absolute Gasteiger partial charge is 0.389 e. The minimum absolute atomic E-state index is 0.257. The van der Waals surface area contributed by atoms with Crippen molar-refractivity contribution in [1.29, 1.82) is 0 Å². The molecule has 0 bridgehead atoms. The maximum atomic E-state index is 12.4. The lowest BCUT2D eigenvalue weighted by Crippen LogP contribution is -2.33. The lowest BCUT2D eigenvalue weighted by atomic mass is 10.2. The Bertz CT molecular complexity index is 547. The summed E-state index contributed by atoms with van der Waals surface area (Å²) < 4.78 is 31.6. The van der Waals surface area contributed by atoms with E-state index in [2.05, 4.69) is 0 Å². The van der Waals surface area contributed by atoms with Gasteiger partial charge in [-0.15, -0.1) is 0 Å². The Balaban J connectivity index is 2.25. The third-order valence-corrected chi connectivity index (χ3v) is 5.11. The van der Waals surface area contributed by atoms with Crippen LogP contribution in [0, 0.1) is 0 Å². The first-order valence-corrected chi connectivity index (χ1v) is 7.84. The highest BCUT2D eigenvalue weighted by Gasteiger charge is 2.25. The SMILES string of the molecule is NC(=S)c1ccc(S(=O)(=O)N2CCCOCC2)cc1. The van der Waals surface area contributed by atoms with Gasteiger partial charge in [0.05, 0.1) is 11.5 Å². The zero-order chi connectivity index (χ0) is 13.9. The van der Waals surface area contributed by atoms with E-state index < -0.39 is 10.0 Å². The lowest BCUT2D eigenvalue weighted by Gasteiger charge is -2.19. The van der Waals surface area contributed by atoms with E-state index in [1.807, 2.05) is 0 Å². The van der Waals surface area contributed by atoms with Crippen LogP contribution in [0.2, 0.25) is 0 Å². The summed E-state index contributed by atoms with van der Waals surface area (Å²) in [6.45, 7) is 1.91. The van der Waals surface area contributed by atoms with Gasteiger partial charge in [0.25, 0.3) is 0 Å². The van der Waals surface area contributed by atoms with E-state index >= 15 is 0 Å². The number of nitrogens with two attached hydrogens (primary N) is 1. The van der Waals surface area contributed by atoms with Crippen molar-refractivity contribution < 1.29 is 13.2 Å². The van der Waals surface area contributed by atoms with Crippen molar-refractivity contribution in [2.45, 2.75) is 11.3 Å². The van der Waals surface area contributed by atoms with Crippen LogP contribution in [0.15, 0.2) is 29.2 Å². The number of sulfonamides is 1. The molecule has 19 heavy (non-hydrogen) atoms. The minimum Gasteiger partial charge on any atom is -0.389 e. The van der Waals surface area contributed by atoms with Crippen LogP contribution in [0.25, 0.3) is 0 Å². The number of hydrogen-bond acceptors (Lipinski definition) is 4. The predicted molar refractivity (Wildman–Crippen MR) is 76.5 cm³/mol. The maximum absolute atomic E-state index is 12.4. The second kappa shape index (κ2) is 5.96. The molecule has 0 radical (unpaired) electrons. The molecule has 1 fully saturated rings. The summed E-state index contributed by atoms with van der Waals surface area (Å²) in [4.78, 5) is 0.515. The van der Waals surface area contributed by atoms with Gasteiger partial charge in [-0.3, -0.25) is 0 Å². The van der Waals surface area contributed by atoms with Crippen LogP contribution in [-0.4, -0.2) is 44.0 Å². The smallest absolute Gasteiger partial charge is 0.243 e. The first kappa shape index (κ1) is 14.4. The van der Waals surface area contributed by atoms with Crippen LogP contribution in [-0.2, 0) is 14.8 Å². The first-order chi connectivity index (χ1) is 9.01. The molecule has 2 N–H and O–H groups in total.